The highest BCUT2D eigenvalue weighted by molar-refractivity contribution is 9.10. The zero-order valence-electron chi connectivity index (χ0n) is 13.8. The summed E-state index contributed by atoms with van der Waals surface area (Å²) in [6.45, 7) is 7.46. The molecule has 0 unspecified atom stereocenters. The number of nitrogens with zero attached hydrogens (tertiary/aromatic N) is 3. The van der Waals surface area contributed by atoms with Crippen LogP contribution in [0.5, 0.6) is 0 Å². The number of pyridine rings is 1. The van der Waals surface area contributed by atoms with Gasteiger partial charge in [-0.25, -0.2) is 0 Å². The van der Waals surface area contributed by atoms with Gasteiger partial charge < -0.3 is 15.1 Å². The van der Waals surface area contributed by atoms with Gasteiger partial charge in [0.2, 0.25) is 5.91 Å². The van der Waals surface area contributed by atoms with E-state index in [0.29, 0.717) is 17.8 Å². The number of carbonyl (C=O) groups excluding carboxylic acids is 2. The standard InChI is InChI=1S/C19H15BrN4O2/c1-21-16-5-3-13(9-22-16)23-17(25)10-24-11-19(6-7-19)15-8-12(20)2-4-14(15)18(24)26/h2-5,8-9H,6-7,10-11H2,(H,23,25). The maximum atomic E-state index is 12.8. The number of nitrogens with one attached hydrogen (secondary N) is 1. The van der Waals surface area contributed by atoms with Gasteiger partial charge >= 0.3 is 0 Å². The van der Waals surface area contributed by atoms with Crippen LogP contribution < -0.4 is 5.32 Å². The highest BCUT2D eigenvalue weighted by atomic mass is 79.9. The van der Waals surface area contributed by atoms with E-state index < -0.39 is 0 Å². The van der Waals surface area contributed by atoms with Crippen LogP contribution >= 0.6 is 15.9 Å². The Bertz CT molecular complexity index is 945. The molecule has 2 amide bonds. The predicted molar refractivity (Wildman–Crippen MR) is 100 cm³/mol. The summed E-state index contributed by atoms with van der Waals surface area (Å²) in [6.07, 6.45) is 3.51. The van der Waals surface area contributed by atoms with Crippen LogP contribution in [0.25, 0.3) is 4.85 Å². The van der Waals surface area contributed by atoms with Crippen LogP contribution in [0.2, 0.25) is 0 Å². The number of hydrogen-bond acceptors (Lipinski definition) is 3. The minimum Gasteiger partial charge on any atom is -0.361 e. The normalized spacial score (nSPS) is 16.8. The highest BCUT2D eigenvalue weighted by Gasteiger charge is 2.51. The van der Waals surface area contributed by atoms with E-state index in [1.54, 1.807) is 17.0 Å². The van der Waals surface area contributed by atoms with Crippen molar-refractivity contribution in [2.24, 2.45) is 0 Å². The van der Waals surface area contributed by atoms with Gasteiger partial charge in [0, 0.05) is 22.0 Å². The third kappa shape index (κ3) is 2.97. The summed E-state index contributed by atoms with van der Waals surface area (Å²) in [5, 5.41) is 2.74. The maximum Gasteiger partial charge on any atom is 0.269 e. The minimum absolute atomic E-state index is 0.000653. The van der Waals surface area contributed by atoms with E-state index in [1.807, 2.05) is 18.2 Å². The summed E-state index contributed by atoms with van der Waals surface area (Å²) in [7, 11) is 0. The molecule has 2 heterocycles. The van der Waals surface area contributed by atoms with Crippen molar-refractivity contribution in [1.29, 1.82) is 0 Å². The summed E-state index contributed by atoms with van der Waals surface area (Å²) < 4.78 is 0.969. The monoisotopic (exact) mass is 410 g/mol. The zero-order valence-corrected chi connectivity index (χ0v) is 15.4. The third-order valence-corrected chi connectivity index (χ3v) is 5.39. The van der Waals surface area contributed by atoms with Gasteiger partial charge in [-0.05, 0) is 48.7 Å². The molecule has 26 heavy (non-hydrogen) atoms. The first-order valence-electron chi connectivity index (χ1n) is 8.23. The Hall–Kier alpha value is -2.72. The second kappa shape index (κ2) is 6.22. The quantitative estimate of drug-likeness (QED) is 0.787. The Labute approximate surface area is 159 Å². The van der Waals surface area contributed by atoms with Crippen molar-refractivity contribution in [1.82, 2.24) is 9.88 Å². The molecule has 1 aliphatic carbocycles. The van der Waals surface area contributed by atoms with Gasteiger partial charge in [-0.2, -0.15) is 0 Å². The lowest BCUT2D eigenvalue weighted by Crippen LogP contribution is -2.46. The summed E-state index contributed by atoms with van der Waals surface area (Å²) in [6, 6.07) is 8.90. The summed E-state index contributed by atoms with van der Waals surface area (Å²) in [4.78, 5) is 33.9. The largest absolute Gasteiger partial charge is 0.361 e. The van der Waals surface area contributed by atoms with E-state index in [9.17, 15) is 9.59 Å². The van der Waals surface area contributed by atoms with Crippen LogP contribution in [-0.2, 0) is 10.2 Å². The van der Waals surface area contributed by atoms with Crippen LogP contribution in [-0.4, -0.2) is 34.8 Å². The Kier molecular flexibility index (Phi) is 4.00. The van der Waals surface area contributed by atoms with Crippen LogP contribution in [0, 0.1) is 6.57 Å². The Morgan fingerprint density at radius 1 is 1.35 bits per heavy atom. The fourth-order valence-corrected chi connectivity index (χ4v) is 3.80. The van der Waals surface area contributed by atoms with Crippen LogP contribution in [0.4, 0.5) is 11.5 Å². The van der Waals surface area contributed by atoms with Crippen molar-refractivity contribution < 1.29 is 9.59 Å². The molecule has 0 radical (unpaired) electrons. The number of benzene rings is 1. The lowest BCUT2D eigenvalue weighted by Gasteiger charge is -2.34. The van der Waals surface area contributed by atoms with Crippen molar-refractivity contribution in [3.05, 3.63) is 63.5 Å². The van der Waals surface area contributed by atoms with Crippen molar-refractivity contribution >= 4 is 39.2 Å². The Morgan fingerprint density at radius 2 is 2.15 bits per heavy atom. The number of amides is 2. The SMILES string of the molecule is [C-]#[N+]c1ccc(NC(=O)CN2CC3(CC3)c3cc(Br)ccc3C2=O)cn1. The summed E-state index contributed by atoms with van der Waals surface area (Å²) in [5.41, 5.74) is 2.28. The van der Waals surface area contributed by atoms with Crippen molar-refractivity contribution in [3.63, 3.8) is 0 Å². The van der Waals surface area contributed by atoms with Gasteiger partial charge in [-0.3, -0.25) is 9.59 Å². The summed E-state index contributed by atoms with van der Waals surface area (Å²) >= 11 is 3.48. The van der Waals surface area contributed by atoms with Crippen LogP contribution in [0.15, 0.2) is 41.0 Å². The molecule has 2 aliphatic rings. The molecular weight excluding hydrogens is 396 g/mol. The molecule has 0 saturated heterocycles. The van der Waals surface area contributed by atoms with Gasteiger partial charge in [-0.15, -0.1) is 4.98 Å². The molecule has 0 bridgehead atoms. The fraction of sp³-hybridized carbons (Fsp3) is 0.263. The molecule has 2 aromatic rings. The number of anilines is 1. The first kappa shape index (κ1) is 16.7. The van der Waals surface area contributed by atoms with E-state index in [0.717, 1.165) is 22.9 Å². The van der Waals surface area contributed by atoms with Gasteiger partial charge in [0.1, 0.15) is 12.7 Å². The maximum absolute atomic E-state index is 12.8. The number of hydrogen-bond donors (Lipinski definition) is 1. The van der Waals surface area contributed by atoms with E-state index in [1.165, 1.54) is 6.20 Å². The number of carbonyl (C=O) groups is 2. The van der Waals surface area contributed by atoms with Gasteiger partial charge in [0.15, 0.2) is 0 Å². The first-order valence-corrected chi connectivity index (χ1v) is 9.03. The molecule has 130 valence electrons. The average Bonchev–Trinajstić information content (AvgIpc) is 3.40. The molecule has 1 fully saturated rings. The zero-order chi connectivity index (χ0) is 18.3. The predicted octanol–water partition coefficient (Wildman–Crippen LogP) is 3.52. The lowest BCUT2D eigenvalue weighted by atomic mass is 9.86. The van der Waals surface area contributed by atoms with Crippen LogP contribution in [0.1, 0.15) is 28.8 Å². The Morgan fingerprint density at radius 3 is 2.81 bits per heavy atom. The topological polar surface area (TPSA) is 66.7 Å². The fourth-order valence-electron chi connectivity index (χ4n) is 3.44. The number of aromatic nitrogens is 1. The van der Waals surface area contributed by atoms with Crippen molar-refractivity contribution in [3.8, 4) is 0 Å². The minimum atomic E-state index is -0.271. The second-order valence-corrected chi connectivity index (χ2v) is 7.61. The summed E-state index contributed by atoms with van der Waals surface area (Å²) in [5.74, 6) is -0.110. The van der Waals surface area contributed by atoms with E-state index in [4.69, 9.17) is 6.57 Å². The van der Waals surface area contributed by atoms with Gasteiger partial charge in [0.25, 0.3) is 11.7 Å². The molecule has 1 aromatic heterocycles. The van der Waals surface area contributed by atoms with Crippen molar-refractivity contribution in [2.75, 3.05) is 18.4 Å². The van der Waals surface area contributed by atoms with Gasteiger partial charge in [-0.1, -0.05) is 22.5 Å². The lowest BCUT2D eigenvalue weighted by molar-refractivity contribution is -0.117. The highest BCUT2D eigenvalue weighted by Crippen LogP contribution is 2.52. The molecule has 1 aliphatic heterocycles. The molecule has 1 saturated carbocycles. The van der Waals surface area contributed by atoms with E-state index in [2.05, 4.69) is 31.1 Å². The molecular formula is C19H15BrN4O2. The second-order valence-electron chi connectivity index (χ2n) is 6.70. The molecule has 1 spiro atoms. The molecule has 1 aromatic carbocycles. The smallest absolute Gasteiger partial charge is 0.269 e. The molecule has 6 nitrogen and oxygen atoms in total. The van der Waals surface area contributed by atoms with Crippen molar-refractivity contribution in [2.45, 2.75) is 18.3 Å². The van der Waals surface area contributed by atoms with E-state index in [-0.39, 0.29) is 29.6 Å². The molecule has 4 rings (SSSR count). The van der Waals surface area contributed by atoms with Crippen LogP contribution in [0.3, 0.4) is 0 Å². The molecule has 7 heteroatoms. The average molecular weight is 411 g/mol. The number of halogens is 1. The number of fused-ring (bicyclic) bond motifs is 2. The first-order chi connectivity index (χ1) is 12.5. The third-order valence-electron chi connectivity index (χ3n) is 4.90. The van der Waals surface area contributed by atoms with Gasteiger partial charge in [0.05, 0.1) is 5.69 Å². The molecule has 0 atom stereocenters. The van der Waals surface area contributed by atoms with E-state index >= 15 is 0 Å². The number of rotatable bonds is 3. The molecule has 1 N–H and O–H groups in total. The Balaban J connectivity index is 1.50.